The minimum absolute atomic E-state index is 0.149. The highest BCUT2D eigenvalue weighted by Crippen LogP contribution is 2.27. The van der Waals surface area contributed by atoms with E-state index in [-0.39, 0.29) is 17.1 Å². The van der Waals surface area contributed by atoms with Crippen molar-refractivity contribution in [3.8, 4) is 22.8 Å². The first-order chi connectivity index (χ1) is 10.0. The zero-order chi connectivity index (χ0) is 15.0. The molecule has 1 heterocycles. The number of phenolic OH excluding ortho intramolecular Hbond substituents is 1. The zero-order valence-electron chi connectivity index (χ0n) is 10.8. The van der Waals surface area contributed by atoms with Crippen molar-refractivity contribution in [2.45, 2.75) is 0 Å². The molecule has 0 bridgehead atoms. The van der Waals surface area contributed by atoms with E-state index in [0.29, 0.717) is 16.8 Å². The lowest BCUT2D eigenvalue weighted by Gasteiger charge is -2.06. The molecule has 3 aromatic rings. The van der Waals surface area contributed by atoms with Crippen molar-refractivity contribution in [1.82, 2.24) is 4.98 Å². The van der Waals surface area contributed by atoms with Gasteiger partial charge in [-0.05, 0) is 36.4 Å². The van der Waals surface area contributed by atoms with Crippen LogP contribution in [-0.2, 0) is 0 Å². The molecule has 2 aromatic carbocycles. The van der Waals surface area contributed by atoms with E-state index in [1.165, 1.54) is 12.1 Å². The Morgan fingerprint density at radius 3 is 2.48 bits per heavy atom. The predicted molar refractivity (Wildman–Crippen MR) is 77.5 cm³/mol. The summed E-state index contributed by atoms with van der Waals surface area (Å²) in [5.74, 6) is -1.31. The minimum atomic E-state index is -1.18. The SMILES string of the molecule is O=C(O)c1ccc(-c2ccc3cc(O)ccc3n2)cc1O. The number of aromatic hydroxyl groups is 2. The summed E-state index contributed by atoms with van der Waals surface area (Å²) >= 11 is 0. The van der Waals surface area contributed by atoms with Crippen molar-refractivity contribution in [2.75, 3.05) is 0 Å². The van der Waals surface area contributed by atoms with Gasteiger partial charge in [0.25, 0.3) is 0 Å². The number of nitrogens with zero attached hydrogens (tertiary/aromatic N) is 1. The van der Waals surface area contributed by atoms with Crippen LogP contribution in [0.4, 0.5) is 0 Å². The average Bonchev–Trinajstić information content (AvgIpc) is 2.46. The number of hydrogen-bond donors (Lipinski definition) is 3. The Morgan fingerprint density at radius 1 is 0.952 bits per heavy atom. The molecule has 0 unspecified atom stereocenters. The van der Waals surface area contributed by atoms with Crippen LogP contribution in [0.3, 0.4) is 0 Å². The molecule has 0 amide bonds. The van der Waals surface area contributed by atoms with Crippen LogP contribution < -0.4 is 0 Å². The van der Waals surface area contributed by atoms with Gasteiger partial charge in [0.1, 0.15) is 17.1 Å². The van der Waals surface area contributed by atoms with Gasteiger partial charge in [-0.25, -0.2) is 9.78 Å². The van der Waals surface area contributed by atoms with Crippen LogP contribution in [0.15, 0.2) is 48.5 Å². The molecule has 0 aliphatic heterocycles. The van der Waals surface area contributed by atoms with E-state index in [0.717, 1.165) is 5.39 Å². The Labute approximate surface area is 119 Å². The maximum atomic E-state index is 10.9. The standard InChI is InChI=1S/C16H11NO4/c18-11-3-6-14-9(7-11)2-5-13(17-14)10-1-4-12(16(20)21)15(19)8-10/h1-8,18-19H,(H,20,21). The van der Waals surface area contributed by atoms with Gasteiger partial charge < -0.3 is 15.3 Å². The van der Waals surface area contributed by atoms with Crippen LogP contribution in [0.25, 0.3) is 22.2 Å². The van der Waals surface area contributed by atoms with Gasteiger partial charge in [0.05, 0.1) is 11.2 Å². The molecule has 0 fully saturated rings. The summed E-state index contributed by atoms with van der Waals surface area (Å²) in [5.41, 5.74) is 1.78. The molecule has 104 valence electrons. The fraction of sp³-hybridized carbons (Fsp3) is 0. The first-order valence-electron chi connectivity index (χ1n) is 6.21. The monoisotopic (exact) mass is 281 g/mol. The van der Waals surface area contributed by atoms with Crippen LogP contribution in [0.2, 0.25) is 0 Å². The molecule has 1 aromatic heterocycles. The lowest BCUT2D eigenvalue weighted by Crippen LogP contribution is -1.96. The van der Waals surface area contributed by atoms with E-state index >= 15 is 0 Å². The fourth-order valence-corrected chi connectivity index (χ4v) is 2.15. The number of carboxylic acid groups (broad SMARTS) is 1. The van der Waals surface area contributed by atoms with Crippen LogP contribution in [0, 0.1) is 0 Å². The average molecular weight is 281 g/mol. The maximum absolute atomic E-state index is 10.9. The smallest absolute Gasteiger partial charge is 0.339 e. The minimum Gasteiger partial charge on any atom is -0.508 e. The van der Waals surface area contributed by atoms with Crippen LogP contribution in [-0.4, -0.2) is 26.3 Å². The zero-order valence-corrected chi connectivity index (χ0v) is 10.8. The molecular formula is C16H11NO4. The number of hydrogen-bond acceptors (Lipinski definition) is 4. The van der Waals surface area contributed by atoms with Gasteiger partial charge in [-0.1, -0.05) is 12.1 Å². The van der Waals surface area contributed by atoms with Gasteiger partial charge in [0.2, 0.25) is 0 Å². The van der Waals surface area contributed by atoms with Crippen molar-refractivity contribution in [2.24, 2.45) is 0 Å². The van der Waals surface area contributed by atoms with E-state index in [2.05, 4.69) is 4.98 Å². The van der Waals surface area contributed by atoms with Gasteiger partial charge in [-0.15, -0.1) is 0 Å². The molecule has 0 saturated carbocycles. The maximum Gasteiger partial charge on any atom is 0.339 e. The third-order valence-corrected chi connectivity index (χ3v) is 3.20. The number of rotatable bonds is 2. The van der Waals surface area contributed by atoms with Crippen molar-refractivity contribution in [3.63, 3.8) is 0 Å². The Balaban J connectivity index is 2.10. The topological polar surface area (TPSA) is 90.7 Å². The largest absolute Gasteiger partial charge is 0.508 e. The summed E-state index contributed by atoms with van der Waals surface area (Å²) < 4.78 is 0. The number of benzene rings is 2. The Bertz CT molecular complexity index is 858. The Hall–Kier alpha value is -3.08. The summed E-state index contributed by atoms with van der Waals surface area (Å²) in [7, 11) is 0. The van der Waals surface area contributed by atoms with Crippen molar-refractivity contribution < 1.29 is 20.1 Å². The molecular weight excluding hydrogens is 270 g/mol. The molecule has 0 radical (unpaired) electrons. The second-order valence-electron chi connectivity index (χ2n) is 4.61. The third-order valence-electron chi connectivity index (χ3n) is 3.20. The fourth-order valence-electron chi connectivity index (χ4n) is 2.15. The summed E-state index contributed by atoms with van der Waals surface area (Å²) in [6.45, 7) is 0. The molecule has 5 nitrogen and oxygen atoms in total. The van der Waals surface area contributed by atoms with Crippen molar-refractivity contribution in [1.29, 1.82) is 0 Å². The van der Waals surface area contributed by atoms with E-state index < -0.39 is 5.97 Å². The predicted octanol–water partition coefficient (Wildman–Crippen LogP) is 3.01. The Kier molecular flexibility index (Phi) is 2.95. The second-order valence-corrected chi connectivity index (χ2v) is 4.61. The number of carbonyl (C=O) groups is 1. The number of phenols is 2. The number of aromatic carboxylic acids is 1. The summed E-state index contributed by atoms with van der Waals surface area (Å²) in [6, 6.07) is 12.7. The number of carboxylic acids is 1. The Morgan fingerprint density at radius 2 is 1.76 bits per heavy atom. The third kappa shape index (κ3) is 2.36. The number of aromatic nitrogens is 1. The van der Waals surface area contributed by atoms with Crippen LogP contribution in [0.1, 0.15) is 10.4 Å². The van der Waals surface area contributed by atoms with Gasteiger partial charge in [-0.3, -0.25) is 0 Å². The normalized spacial score (nSPS) is 10.7. The van der Waals surface area contributed by atoms with E-state index in [1.54, 1.807) is 36.4 Å². The van der Waals surface area contributed by atoms with Gasteiger partial charge >= 0.3 is 5.97 Å². The molecule has 21 heavy (non-hydrogen) atoms. The van der Waals surface area contributed by atoms with Gasteiger partial charge in [0.15, 0.2) is 0 Å². The lowest BCUT2D eigenvalue weighted by atomic mass is 10.1. The quantitative estimate of drug-likeness (QED) is 0.671. The number of fused-ring (bicyclic) bond motifs is 1. The van der Waals surface area contributed by atoms with Gasteiger partial charge in [-0.2, -0.15) is 0 Å². The highest BCUT2D eigenvalue weighted by Gasteiger charge is 2.11. The van der Waals surface area contributed by atoms with Crippen molar-refractivity contribution >= 4 is 16.9 Å². The van der Waals surface area contributed by atoms with Crippen LogP contribution >= 0.6 is 0 Å². The molecule has 5 heteroatoms. The second kappa shape index (κ2) is 4.79. The van der Waals surface area contributed by atoms with E-state index in [1.807, 2.05) is 0 Å². The van der Waals surface area contributed by atoms with E-state index in [4.69, 9.17) is 5.11 Å². The van der Waals surface area contributed by atoms with E-state index in [9.17, 15) is 15.0 Å². The first-order valence-corrected chi connectivity index (χ1v) is 6.21. The summed E-state index contributed by atoms with van der Waals surface area (Å²) in [5, 5.41) is 28.8. The molecule has 0 aliphatic rings. The first kappa shape index (κ1) is 12.9. The lowest BCUT2D eigenvalue weighted by molar-refractivity contribution is 0.0694. The molecule has 0 atom stereocenters. The molecule has 0 saturated heterocycles. The summed E-state index contributed by atoms with van der Waals surface area (Å²) in [4.78, 5) is 15.3. The number of pyridine rings is 1. The highest BCUT2D eigenvalue weighted by molar-refractivity contribution is 5.92. The molecule has 3 N–H and O–H groups in total. The van der Waals surface area contributed by atoms with Crippen molar-refractivity contribution in [3.05, 3.63) is 54.1 Å². The molecule has 0 aliphatic carbocycles. The summed E-state index contributed by atoms with van der Waals surface area (Å²) in [6.07, 6.45) is 0. The highest BCUT2D eigenvalue weighted by atomic mass is 16.4. The molecule has 3 rings (SSSR count). The van der Waals surface area contributed by atoms with Gasteiger partial charge in [0, 0.05) is 10.9 Å². The molecule has 0 spiro atoms. The van der Waals surface area contributed by atoms with Crippen LogP contribution in [0.5, 0.6) is 11.5 Å².